The molecule has 106 valence electrons. The lowest BCUT2D eigenvalue weighted by atomic mass is 9.95. The molecule has 0 unspecified atom stereocenters. The lowest BCUT2D eigenvalue weighted by Crippen LogP contribution is -2.33. The summed E-state index contributed by atoms with van der Waals surface area (Å²) in [5, 5.41) is 2.60. The standard InChI is InChI=1S/C12H17ClN2O3S/c1-12(2,8-13)11(16)15-9-6-4-5-7-10(9)19(17,18)14-3/h4-7,14H,8H2,1-3H3,(H,15,16). The lowest BCUT2D eigenvalue weighted by Gasteiger charge is -2.21. The van der Waals surface area contributed by atoms with E-state index in [1.54, 1.807) is 26.0 Å². The van der Waals surface area contributed by atoms with Crippen molar-refractivity contribution in [2.24, 2.45) is 5.41 Å². The zero-order chi connectivity index (χ0) is 14.7. The number of hydrogen-bond donors (Lipinski definition) is 2. The second-order valence-corrected chi connectivity index (χ2v) is 6.80. The third-order valence-electron chi connectivity index (χ3n) is 2.64. The Hall–Kier alpha value is -1.11. The highest BCUT2D eigenvalue weighted by Crippen LogP contribution is 2.24. The van der Waals surface area contributed by atoms with Gasteiger partial charge in [-0.15, -0.1) is 11.6 Å². The number of nitrogens with one attached hydrogen (secondary N) is 2. The molecule has 1 amide bonds. The monoisotopic (exact) mass is 304 g/mol. The molecule has 0 saturated carbocycles. The van der Waals surface area contributed by atoms with Crippen molar-refractivity contribution in [3.63, 3.8) is 0 Å². The van der Waals surface area contributed by atoms with Crippen LogP contribution in [0.25, 0.3) is 0 Å². The molecular formula is C12H17ClN2O3S. The van der Waals surface area contributed by atoms with Gasteiger partial charge in [-0.3, -0.25) is 4.79 Å². The number of carbonyl (C=O) groups is 1. The summed E-state index contributed by atoms with van der Waals surface area (Å²) in [7, 11) is -2.31. The molecule has 0 atom stereocenters. The van der Waals surface area contributed by atoms with Gasteiger partial charge in [-0.2, -0.15) is 0 Å². The molecule has 0 aliphatic carbocycles. The van der Waals surface area contributed by atoms with Crippen molar-refractivity contribution in [2.45, 2.75) is 18.7 Å². The van der Waals surface area contributed by atoms with E-state index in [1.807, 2.05) is 0 Å². The normalized spacial score (nSPS) is 12.2. The molecule has 1 rings (SSSR count). The van der Waals surface area contributed by atoms with E-state index in [9.17, 15) is 13.2 Å². The Labute approximate surface area is 118 Å². The van der Waals surface area contributed by atoms with Crippen molar-refractivity contribution in [3.05, 3.63) is 24.3 Å². The van der Waals surface area contributed by atoms with Crippen molar-refractivity contribution in [2.75, 3.05) is 18.2 Å². The molecule has 1 aromatic carbocycles. The van der Waals surface area contributed by atoms with Crippen LogP contribution in [0.3, 0.4) is 0 Å². The largest absolute Gasteiger partial charge is 0.324 e. The van der Waals surface area contributed by atoms with Gasteiger partial charge in [-0.1, -0.05) is 12.1 Å². The van der Waals surface area contributed by atoms with Gasteiger partial charge in [-0.05, 0) is 33.0 Å². The molecule has 0 fully saturated rings. The summed E-state index contributed by atoms with van der Waals surface area (Å²) in [4.78, 5) is 12.0. The number of anilines is 1. The first kappa shape index (κ1) is 15.9. The van der Waals surface area contributed by atoms with Gasteiger partial charge >= 0.3 is 0 Å². The lowest BCUT2D eigenvalue weighted by molar-refractivity contribution is -0.122. The first-order valence-electron chi connectivity index (χ1n) is 5.64. The van der Waals surface area contributed by atoms with Crippen LogP contribution in [-0.4, -0.2) is 27.3 Å². The smallest absolute Gasteiger partial charge is 0.242 e. The molecule has 5 nitrogen and oxygen atoms in total. The van der Waals surface area contributed by atoms with Gasteiger partial charge in [-0.25, -0.2) is 13.1 Å². The molecule has 2 N–H and O–H groups in total. The second-order valence-electron chi connectivity index (χ2n) is 4.68. The minimum absolute atomic E-state index is 0.0243. The van der Waals surface area contributed by atoms with Gasteiger partial charge in [0, 0.05) is 5.88 Å². The molecular weight excluding hydrogens is 288 g/mol. The Bertz CT molecular complexity index is 570. The number of para-hydroxylation sites is 1. The van der Waals surface area contributed by atoms with Crippen LogP contribution in [0.2, 0.25) is 0 Å². The van der Waals surface area contributed by atoms with Gasteiger partial charge in [0.25, 0.3) is 0 Å². The van der Waals surface area contributed by atoms with Crippen LogP contribution in [0.5, 0.6) is 0 Å². The summed E-state index contributed by atoms with van der Waals surface area (Å²) in [6.07, 6.45) is 0. The van der Waals surface area contributed by atoms with Crippen molar-refractivity contribution >= 4 is 33.2 Å². The van der Waals surface area contributed by atoms with Gasteiger partial charge in [0.2, 0.25) is 15.9 Å². The topological polar surface area (TPSA) is 75.3 Å². The third-order valence-corrected chi connectivity index (χ3v) is 4.78. The Morgan fingerprint density at radius 3 is 2.42 bits per heavy atom. The zero-order valence-corrected chi connectivity index (χ0v) is 12.6. The predicted molar refractivity (Wildman–Crippen MR) is 75.8 cm³/mol. The fraction of sp³-hybridized carbons (Fsp3) is 0.417. The van der Waals surface area contributed by atoms with E-state index in [4.69, 9.17) is 11.6 Å². The number of benzene rings is 1. The number of carbonyl (C=O) groups excluding carboxylic acids is 1. The van der Waals surface area contributed by atoms with Crippen molar-refractivity contribution in [1.29, 1.82) is 0 Å². The third kappa shape index (κ3) is 3.68. The predicted octanol–water partition coefficient (Wildman–Crippen LogP) is 1.80. The van der Waals surface area contributed by atoms with E-state index in [2.05, 4.69) is 10.0 Å². The van der Waals surface area contributed by atoms with Crippen molar-refractivity contribution in [3.8, 4) is 0 Å². The highest BCUT2D eigenvalue weighted by Gasteiger charge is 2.28. The van der Waals surface area contributed by atoms with Crippen LogP contribution < -0.4 is 10.0 Å². The number of amides is 1. The average Bonchev–Trinajstić information content (AvgIpc) is 2.39. The van der Waals surface area contributed by atoms with Crippen LogP contribution in [0.15, 0.2) is 29.2 Å². The number of sulfonamides is 1. The number of halogens is 1. The molecule has 0 radical (unpaired) electrons. The van der Waals surface area contributed by atoms with E-state index >= 15 is 0 Å². The molecule has 19 heavy (non-hydrogen) atoms. The highest BCUT2D eigenvalue weighted by molar-refractivity contribution is 7.89. The average molecular weight is 305 g/mol. The molecule has 0 saturated heterocycles. The number of hydrogen-bond acceptors (Lipinski definition) is 3. The van der Waals surface area contributed by atoms with Crippen LogP contribution in [0, 0.1) is 5.41 Å². The molecule has 0 heterocycles. The van der Waals surface area contributed by atoms with Crippen LogP contribution in [0.1, 0.15) is 13.8 Å². The summed E-state index contributed by atoms with van der Waals surface area (Å²) in [6, 6.07) is 6.20. The second kappa shape index (κ2) is 5.90. The van der Waals surface area contributed by atoms with Crippen LogP contribution in [-0.2, 0) is 14.8 Å². The van der Waals surface area contributed by atoms with Gasteiger partial charge in [0.05, 0.1) is 11.1 Å². The van der Waals surface area contributed by atoms with Crippen LogP contribution >= 0.6 is 11.6 Å². The SMILES string of the molecule is CNS(=O)(=O)c1ccccc1NC(=O)C(C)(C)CCl. The summed E-state index contributed by atoms with van der Waals surface area (Å²) < 4.78 is 25.9. The van der Waals surface area contributed by atoms with Crippen molar-refractivity contribution in [1.82, 2.24) is 4.72 Å². The van der Waals surface area contributed by atoms with Crippen LogP contribution in [0.4, 0.5) is 5.69 Å². The maximum absolute atomic E-state index is 12.0. The fourth-order valence-electron chi connectivity index (χ4n) is 1.27. The maximum atomic E-state index is 12.0. The maximum Gasteiger partial charge on any atom is 0.242 e. The summed E-state index contributed by atoms with van der Waals surface area (Å²) >= 11 is 5.72. The van der Waals surface area contributed by atoms with Crippen molar-refractivity contribution < 1.29 is 13.2 Å². The fourth-order valence-corrected chi connectivity index (χ4v) is 2.27. The highest BCUT2D eigenvalue weighted by atomic mass is 35.5. The molecule has 0 spiro atoms. The molecule has 0 aromatic heterocycles. The van der Waals surface area contributed by atoms with E-state index in [0.717, 1.165) is 0 Å². The first-order valence-corrected chi connectivity index (χ1v) is 7.66. The van der Waals surface area contributed by atoms with Gasteiger partial charge in [0.1, 0.15) is 4.90 Å². The van der Waals surface area contributed by atoms with E-state index in [1.165, 1.54) is 19.2 Å². The molecule has 7 heteroatoms. The molecule has 0 aliphatic heterocycles. The first-order chi connectivity index (χ1) is 8.74. The Morgan fingerprint density at radius 1 is 1.32 bits per heavy atom. The Balaban J connectivity index is 3.14. The number of alkyl halides is 1. The number of rotatable bonds is 5. The summed E-state index contributed by atoms with van der Waals surface area (Å²) in [5.74, 6) is -0.194. The summed E-state index contributed by atoms with van der Waals surface area (Å²) in [6.45, 7) is 3.37. The zero-order valence-electron chi connectivity index (χ0n) is 11.0. The van der Waals surface area contributed by atoms with Gasteiger partial charge < -0.3 is 5.32 Å². The quantitative estimate of drug-likeness (QED) is 0.815. The molecule has 0 bridgehead atoms. The molecule has 0 aliphatic rings. The minimum Gasteiger partial charge on any atom is -0.324 e. The Morgan fingerprint density at radius 2 is 1.89 bits per heavy atom. The van der Waals surface area contributed by atoms with Gasteiger partial charge in [0.15, 0.2) is 0 Å². The Kier molecular flexibility index (Phi) is 4.95. The summed E-state index contributed by atoms with van der Waals surface area (Å²) in [5.41, 5.74) is -0.544. The van der Waals surface area contributed by atoms with E-state index in [0.29, 0.717) is 0 Å². The van der Waals surface area contributed by atoms with E-state index < -0.39 is 15.4 Å². The van der Waals surface area contributed by atoms with E-state index in [-0.39, 0.29) is 22.4 Å². The minimum atomic E-state index is -3.62. The molecule has 1 aromatic rings.